The first-order valence-corrected chi connectivity index (χ1v) is 5.42. The van der Waals surface area contributed by atoms with Crippen LogP contribution in [-0.2, 0) is 0 Å². The molecule has 4 heteroatoms. The highest BCUT2D eigenvalue weighted by Gasteiger charge is 2.05. The van der Waals surface area contributed by atoms with Crippen molar-refractivity contribution in [1.29, 1.82) is 5.26 Å². The number of para-hydroxylation sites is 1. The highest BCUT2D eigenvalue weighted by molar-refractivity contribution is 5.86. The Balaban J connectivity index is 2.43. The standard InChI is InChI=1S/C13H13N3O/c1-9(17)8-15-13-6-10(7-14)11-4-2-3-5-12(11)16-13/h2-6,9,17H,8H2,1H3,(H,15,16). The van der Waals surface area contributed by atoms with Crippen molar-refractivity contribution < 1.29 is 5.11 Å². The molecule has 0 aliphatic rings. The average molecular weight is 227 g/mol. The molecular formula is C13H13N3O. The van der Waals surface area contributed by atoms with Gasteiger partial charge in [0.05, 0.1) is 23.3 Å². The van der Waals surface area contributed by atoms with Crippen LogP contribution in [0.4, 0.5) is 5.82 Å². The molecule has 17 heavy (non-hydrogen) atoms. The smallest absolute Gasteiger partial charge is 0.128 e. The number of pyridine rings is 1. The molecular weight excluding hydrogens is 214 g/mol. The lowest BCUT2D eigenvalue weighted by Gasteiger charge is -2.09. The molecule has 0 aliphatic heterocycles. The van der Waals surface area contributed by atoms with Crippen molar-refractivity contribution in [1.82, 2.24) is 4.98 Å². The fourth-order valence-electron chi connectivity index (χ4n) is 1.61. The highest BCUT2D eigenvalue weighted by atomic mass is 16.3. The molecule has 1 aromatic heterocycles. The molecule has 4 nitrogen and oxygen atoms in total. The normalized spacial score (nSPS) is 12.1. The third-order valence-electron chi connectivity index (χ3n) is 2.42. The van der Waals surface area contributed by atoms with Crippen LogP contribution in [-0.4, -0.2) is 22.7 Å². The van der Waals surface area contributed by atoms with Crippen molar-refractivity contribution in [2.75, 3.05) is 11.9 Å². The Bertz CT molecular complexity index is 572. The first kappa shape index (κ1) is 11.4. The molecule has 0 aliphatic carbocycles. The van der Waals surface area contributed by atoms with Crippen molar-refractivity contribution in [3.63, 3.8) is 0 Å². The van der Waals surface area contributed by atoms with Gasteiger partial charge in [0.2, 0.25) is 0 Å². The Labute approximate surface area is 99.5 Å². The summed E-state index contributed by atoms with van der Waals surface area (Å²) in [5, 5.41) is 22.1. The van der Waals surface area contributed by atoms with E-state index in [9.17, 15) is 5.11 Å². The molecule has 1 unspecified atom stereocenters. The zero-order chi connectivity index (χ0) is 12.3. The number of nitriles is 1. The van der Waals surface area contributed by atoms with E-state index in [0.29, 0.717) is 17.9 Å². The van der Waals surface area contributed by atoms with Crippen LogP contribution in [0.5, 0.6) is 0 Å². The molecule has 0 amide bonds. The number of aromatic nitrogens is 1. The molecule has 2 aromatic rings. The van der Waals surface area contributed by atoms with Gasteiger partial charge in [-0.25, -0.2) is 4.98 Å². The van der Waals surface area contributed by atoms with Crippen LogP contribution in [0.1, 0.15) is 12.5 Å². The van der Waals surface area contributed by atoms with E-state index in [-0.39, 0.29) is 0 Å². The van der Waals surface area contributed by atoms with Crippen LogP contribution in [0.2, 0.25) is 0 Å². The van der Waals surface area contributed by atoms with Crippen LogP contribution >= 0.6 is 0 Å². The van der Waals surface area contributed by atoms with Gasteiger partial charge in [0, 0.05) is 11.9 Å². The van der Waals surface area contributed by atoms with Crippen LogP contribution in [0.25, 0.3) is 10.9 Å². The maximum Gasteiger partial charge on any atom is 0.128 e. The Kier molecular flexibility index (Phi) is 3.22. The van der Waals surface area contributed by atoms with Crippen LogP contribution < -0.4 is 5.32 Å². The van der Waals surface area contributed by atoms with Crippen molar-refractivity contribution in [2.45, 2.75) is 13.0 Å². The van der Waals surface area contributed by atoms with Crippen LogP contribution in [0.15, 0.2) is 30.3 Å². The molecule has 1 aromatic carbocycles. The van der Waals surface area contributed by atoms with Gasteiger partial charge in [-0.1, -0.05) is 18.2 Å². The number of nitrogens with one attached hydrogen (secondary N) is 1. The zero-order valence-corrected chi connectivity index (χ0v) is 9.51. The number of hydrogen-bond donors (Lipinski definition) is 2. The number of nitrogens with zero attached hydrogens (tertiary/aromatic N) is 2. The van der Waals surface area contributed by atoms with Gasteiger partial charge in [0.25, 0.3) is 0 Å². The molecule has 2 rings (SSSR count). The van der Waals surface area contributed by atoms with Gasteiger partial charge in [0.15, 0.2) is 0 Å². The lowest BCUT2D eigenvalue weighted by Crippen LogP contribution is -2.16. The molecule has 0 fully saturated rings. The minimum absolute atomic E-state index is 0.413. The van der Waals surface area contributed by atoms with Gasteiger partial charge in [-0.05, 0) is 19.1 Å². The van der Waals surface area contributed by atoms with Crippen molar-refractivity contribution in [3.8, 4) is 6.07 Å². The second kappa shape index (κ2) is 4.81. The molecule has 1 atom stereocenters. The van der Waals surface area contributed by atoms with E-state index in [1.807, 2.05) is 24.3 Å². The van der Waals surface area contributed by atoms with Gasteiger partial charge < -0.3 is 10.4 Å². The topological polar surface area (TPSA) is 68.9 Å². The number of aliphatic hydroxyl groups is 1. The third kappa shape index (κ3) is 2.52. The second-order valence-corrected chi connectivity index (χ2v) is 3.91. The summed E-state index contributed by atoms with van der Waals surface area (Å²) < 4.78 is 0. The molecule has 0 spiro atoms. The molecule has 2 N–H and O–H groups in total. The first-order chi connectivity index (χ1) is 8.20. The SMILES string of the molecule is CC(O)CNc1cc(C#N)c2ccccc2n1. The number of hydrogen-bond acceptors (Lipinski definition) is 4. The third-order valence-corrected chi connectivity index (χ3v) is 2.42. The van der Waals surface area contributed by atoms with E-state index >= 15 is 0 Å². The van der Waals surface area contributed by atoms with Crippen LogP contribution in [0, 0.1) is 11.3 Å². The Morgan fingerprint density at radius 2 is 2.24 bits per heavy atom. The second-order valence-electron chi connectivity index (χ2n) is 3.91. The van der Waals surface area contributed by atoms with Crippen molar-refractivity contribution >= 4 is 16.7 Å². The lowest BCUT2D eigenvalue weighted by molar-refractivity contribution is 0.208. The highest BCUT2D eigenvalue weighted by Crippen LogP contribution is 2.19. The monoisotopic (exact) mass is 227 g/mol. The zero-order valence-electron chi connectivity index (χ0n) is 9.51. The van der Waals surface area contributed by atoms with Crippen LogP contribution in [0.3, 0.4) is 0 Å². The Morgan fingerprint density at radius 3 is 2.94 bits per heavy atom. The predicted octanol–water partition coefficient (Wildman–Crippen LogP) is 1.90. The summed E-state index contributed by atoms with van der Waals surface area (Å²) in [5.74, 6) is 0.612. The summed E-state index contributed by atoms with van der Waals surface area (Å²) >= 11 is 0. The summed E-state index contributed by atoms with van der Waals surface area (Å²) in [5.41, 5.74) is 1.36. The van der Waals surface area contributed by atoms with E-state index in [1.54, 1.807) is 13.0 Å². The largest absolute Gasteiger partial charge is 0.392 e. The predicted molar refractivity (Wildman–Crippen MR) is 66.6 cm³/mol. The molecule has 86 valence electrons. The quantitative estimate of drug-likeness (QED) is 0.840. The molecule has 0 saturated carbocycles. The molecule has 0 saturated heterocycles. The van der Waals surface area contributed by atoms with E-state index < -0.39 is 6.10 Å². The van der Waals surface area contributed by atoms with Crippen molar-refractivity contribution in [3.05, 3.63) is 35.9 Å². The fraction of sp³-hybridized carbons (Fsp3) is 0.231. The number of fused-ring (bicyclic) bond motifs is 1. The average Bonchev–Trinajstić information content (AvgIpc) is 2.35. The molecule has 1 heterocycles. The fourth-order valence-corrected chi connectivity index (χ4v) is 1.61. The van der Waals surface area contributed by atoms with Gasteiger partial charge in [-0.3, -0.25) is 0 Å². The summed E-state index contributed by atoms with van der Waals surface area (Å²) in [6, 6.07) is 11.4. The van der Waals surface area contributed by atoms with Gasteiger partial charge in [-0.15, -0.1) is 0 Å². The van der Waals surface area contributed by atoms with E-state index in [4.69, 9.17) is 5.26 Å². The van der Waals surface area contributed by atoms with Crippen molar-refractivity contribution in [2.24, 2.45) is 0 Å². The number of rotatable bonds is 3. The molecule has 0 radical (unpaired) electrons. The number of anilines is 1. The van der Waals surface area contributed by atoms with Gasteiger partial charge in [0.1, 0.15) is 5.82 Å². The van der Waals surface area contributed by atoms with E-state index in [1.165, 1.54) is 0 Å². The maximum absolute atomic E-state index is 9.20. The number of aliphatic hydroxyl groups excluding tert-OH is 1. The molecule has 0 bridgehead atoms. The van der Waals surface area contributed by atoms with E-state index in [2.05, 4.69) is 16.4 Å². The first-order valence-electron chi connectivity index (χ1n) is 5.42. The summed E-state index contributed by atoms with van der Waals surface area (Å²) in [7, 11) is 0. The Hall–Kier alpha value is -2.12. The van der Waals surface area contributed by atoms with E-state index in [0.717, 1.165) is 10.9 Å². The minimum atomic E-state index is -0.450. The summed E-state index contributed by atoms with van der Waals surface area (Å²) in [6.45, 7) is 2.11. The summed E-state index contributed by atoms with van der Waals surface area (Å²) in [6.07, 6.45) is -0.450. The Morgan fingerprint density at radius 1 is 1.47 bits per heavy atom. The summed E-state index contributed by atoms with van der Waals surface area (Å²) in [4.78, 5) is 4.38. The van der Waals surface area contributed by atoms with Gasteiger partial charge >= 0.3 is 0 Å². The number of benzene rings is 1. The maximum atomic E-state index is 9.20. The van der Waals surface area contributed by atoms with Gasteiger partial charge in [-0.2, -0.15) is 5.26 Å². The minimum Gasteiger partial charge on any atom is -0.392 e. The lowest BCUT2D eigenvalue weighted by atomic mass is 10.1.